The van der Waals surface area contributed by atoms with Crippen LogP contribution < -0.4 is 5.32 Å². The molecule has 25 heavy (non-hydrogen) atoms. The smallest absolute Gasteiger partial charge is 0.229 e. The molecule has 1 atom stereocenters. The second-order valence-corrected chi connectivity index (χ2v) is 6.73. The zero-order chi connectivity index (χ0) is 17.2. The third-order valence-electron chi connectivity index (χ3n) is 4.82. The highest BCUT2D eigenvalue weighted by atomic mass is 15.3. The van der Waals surface area contributed by atoms with E-state index in [0.29, 0.717) is 11.9 Å². The van der Waals surface area contributed by atoms with Crippen LogP contribution in [0.3, 0.4) is 0 Å². The van der Waals surface area contributed by atoms with Gasteiger partial charge in [-0.25, -0.2) is 9.67 Å². The van der Waals surface area contributed by atoms with E-state index in [1.54, 1.807) is 10.9 Å². The van der Waals surface area contributed by atoms with E-state index in [0.717, 1.165) is 36.4 Å². The predicted molar refractivity (Wildman–Crippen MR) is 96.7 cm³/mol. The number of nitrogens with one attached hydrogen (secondary N) is 1. The summed E-state index contributed by atoms with van der Waals surface area (Å²) in [6.07, 6.45) is 9.84. The fourth-order valence-corrected chi connectivity index (χ4v) is 3.51. The monoisotopic (exact) mass is 340 g/mol. The van der Waals surface area contributed by atoms with Gasteiger partial charge in [-0.05, 0) is 31.8 Å². The van der Waals surface area contributed by atoms with Crippen molar-refractivity contribution in [1.29, 1.82) is 0 Å². The van der Waals surface area contributed by atoms with E-state index in [-0.39, 0.29) is 0 Å². The number of fused-ring (bicyclic) bond motifs is 1. The Morgan fingerprint density at radius 1 is 1.24 bits per heavy atom. The van der Waals surface area contributed by atoms with E-state index in [2.05, 4.69) is 37.3 Å². The zero-order valence-corrected chi connectivity index (χ0v) is 14.8. The molecule has 1 N–H and O–H groups in total. The Kier molecular flexibility index (Phi) is 4.35. The molecule has 0 bridgehead atoms. The molecule has 1 aliphatic rings. The van der Waals surface area contributed by atoms with Gasteiger partial charge in [0.25, 0.3) is 0 Å². The predicted octanol–water partition coefficient (Wildman–Crippen LogP) is 2.04. The molecular weight excluding hydrogens is 316 g/mol. The lowest BCUT2D eigenvalue weighted by atomic mass is 9.98. The molecule has 0 aromatic carbocycles. The third kappa shape index (κ3) is 3.48. The van der Waals surface area contributed by atoms with Crippen LogP contribution in [-0.2, 0) is 13.6 Å². The van der Waals surface area contributed by atoms with Gasteiger partial charge in [-0.2, -0.15) is 15.2 Å². The number of aryl methyl sites for hydroxylation is 1. The summed E-state index contributed by atoms with van der Waals surface area (Å²) < 4.78 is 3.77. The van der Waals surface area contributed by atoms with Crippen LogP contribution in [0, 0.1) is 5.92 Å². The van der Waals surface area contributed by atoms with Crippen molar-refractivity contribution >= 4 is 22.7 Å². The van der Waals surface area contributed by atoms with E-state index < -0.39 is 0 Å². The molecule has 8 heteroatoms. The molecule has 4 rings (SSSR count). The lowest BCUT2D eigenvalue weighted by Crippen LogP contribution is -2.36. The third-order valence-corrected chi connectivity index (χ3v) is 4.82. The van der Waals surface area contributed by atoms with Crippen LogP contribution in [0.2, 0.25) is 0 Å². The molecule has 4 heterocycles. The molecule has 1 fully saturated rings. The van der Waals surface area contributed by atoms with Gasteiger partial charge in [-0.15, -0.1) is 0 Å². The van der Waals surface area contributed by atoms with Crippen molar-refractivity contribution in [2.24, 2.45) is 13.0 Å². The average Bonchev–Trinajstić information content (AvgIpc) is 3.21. The highest BCUT2D eigenvalue weighted by Crippen LogP contribution is 2.21. The number of aromatic nitrogens is 6. The van der Waals surface area contributed by atoms with E-state index in [4.69, 9.17) is 0 Å². The lowest BCUT2D eigenvalue weighted by Gasteiger charge is -2.31. The first-order valence-electron chi connectivity index (χ1n) is 8.88. The Morgan fingerprint density at radius 2 is 2.16 bits per heavy atom. The van der Waals surface area contributed by atoms with Crippen LogP contribution in [0.1, 0.15) is 19.8 Å². The van der Waals surface area contributed by atoms with Gasteiger partial charge in [0.15, 0.2) is 5.65 Å². The highest BCUT2D eigenvalue weighted by molar-refractivity contribution is 5.75. The number of anilines is 2. The largest absolute Gasteiger partial charge is 0.321 e. The molecule has 1 saturated heterocycles. The van der Waals surface area contributed by atoms with E-state index in [1.165, 1.54) is 19.4 Å². The summed E-state index contributed by atoms with van der Waals surface area (Å²) in [5.74, 6) is 1.20. The van der Waals surface area contributed by atoms with Gasteiger partial charge < -0.3 is 10.2 Å². The Morgan fingerprint density at radius 3 is 2.96 bits per heavy atom. The number of likely N-dealkylation sites (tertiary alicyclic amines) is 1. The van der Waals surface area contributed by atoms with Gasteiger partial charge in [-0.1, -0.05) is 6.92 Å². The van der Waals surface area contributed by atoms with Crippen LogP contribution >= 0.6 is 0 Å². The van der Waals surface area contributed by atoms with Crippen LogP contribution in [0.15, 0.2) is 24.8 Å². The van der Waals surface area contributed by atoms with E-state index in [9.17, 15) is 0 Å². The summed E-state index contributed by atoms with van der Waals surface area (Å²) in [7, 11) is 1.88. The first-order chi connectivity index (χ1) is 12.2. The second-order valence-electron chi connectivity index (χ2n) is 6.73. The molecule has 3 aromatic heterocycles. The second kappa shape index (κ2) is 6.79. The Bertz CT molecular complexity index is 851. The Labute approximate surface area is 146 Å². The maximum atomic E-state index is 4.67. The first kappa shape index (κ1) is 16.0. The number of rotatable bonds is 5. The van der Waals surface area contributed by atoms with Gasteiger partial charge in [-0.3, -0.25) is 4.68 Å². The molecule has 0 aliphatic carbocycles. The normalized spacial score (nSPS) is 18.7. The summed E-state index contributed by atoms with van der Waals surface area (Å²) in [4.78, 5) is 11.6. The van der Waals surface area contributed by atoms with Crippen molar-refractivity contribution in [3.8, 4) is 0 Å². The van der Waals surface area contributed by atoms with E-state index in [1.807, 2.05) is 30.3 Å². The van der Waals surface area contributed by atoms with Gasteiger partial charge >= 0.3 is 0 Å². The first-order valence-corrected chi connectivity index (χ1v) is 8.88. The van der Waals surface area contributed by atoms with Crippen molar-refractivity contribution in [1.82, 2.24) is 34.4 Å². The summed E-state index contributed by atoms with van der Waals surface area (Å²) in [6, 6.07) is 0. The van der Waals surface area contributed by atoms with Gasteiger partial charge in [0.1, 0.15) is 0 Å². The fraction of sp³-hybridized carbons (Fsp3) is 0.529. The summed E-state index contributed by atoms with van der Waals surface area (Å²) >= 11 is 0. The minimum Gasteiger partial charge on any atom is -0.321 e. The number of nitrogens with zero attached hydrogens (tertiary/aromatic N) is 7. The average molecular weight is 340 g/mol. The van der Waals surface area contributed by atoms with Gasteiger partial charge in [0, 0.05) is 32.5 Å². The van der Waals surface area contributed by atoms with Crippen molar-refractivity contribution in [3.63, 3.8) is 0 Å². The van der Waals surface area contributed by atoms with Crippen LogP contribution in [0.4, 0.5) is 11.6 Å². The number of hydrogen-bond acceptors (Lipinski definition) is 6. The van der Waals surface area contributed by atoms with Crippen LogP contribution in [0.25, 0.3) is 11.0 Å². The molecular formula is C17H24N8. The SMILES string of the molecule is CCN1CCCC(Cn2ncc3cnc(Nc4cnn(C)c4)nc32)C1. The van der Waals surface area contributed by atoms with Crippen LogP contribution in [0.5, 0.6) is 0 Å². The van der Waals surface area contributed by atoms with Crippen LogP contribution in [-0.4, -0.2) is 54.1 Å². The molecule has 0 radical (unpaired) electrons. The maximum absolute atomic E-state index is 4.67. The topological polar surface area (TPSA) is 76.7 Å². The van der Waals surface area contributed by atoms with E-state index >= 15 is 0 Å². The summed E-state index contributed by atoms with van der Waals surface area (Å²) in [5.41, 5.74) is 1.76. The maximum Gasteiger partial charge on any atom is 0.229 e. The molecule has 0 saturated carbocycles. The van der Waals surface area contributed by atoms with Crippen molar-refractivity contribution in [2.45, 2.75) is 26.3 Å². The molecule has 1 aliphatic heterocycles. The van der Waals surface area contributed by atoms with Crippen molar-refractivity contribution in [3.05, 3.63) is 24.8 Å². The minimum atomic E-state index is 0.570. The Hall–Kier alpha value is -2.48. The molecule has 1 unspecified atom stereocenters. The van der Waals surface area contributed by atoms with Gasteiger partial charge in [0.05, 0.1) is 23.5 Å². The zero-order valence-electron chi connectivity index (χ0n) is 14.8. The molecule has 3 aromatic rings. The molecule has 132 valence electrons. The number of hydrogen-bond donors (Lipinski definition) is 1. The molecule has 0 amide bonds. The lowest BCUT2D eigenvalue weighted by molar-refractivity contribution is 0.168. The summed E-state index contributed by atoms with van der Waals surface area (Å²) in [5, 5.41) is 12.9. The summed E-state index contributed by atoms with van der Waals surface area (Å²) in [6.45, 7) is 6.62. The van der Waals surface area contributed by atoms with Crippen molar-refractivity contribution < 1.29 is 0 Å². The highest BCUT2D eigenvalue weighted by Gasteiger charge is 2.20. The standard InChI is InChI=1S/C17H24N8/c1-3-24-6-4-5-13(10-24)11-25-16-14(8-20-25)7-18-17(22-16)21-15-9-19-23(2)12-15/h7-9,12-13H,3-6,10-11H2,1-2H3,(H,18,21,22). The van der Waals surface area contributed by atoms with Gasteiger partial charge in [0.2, 0.25) is 5.95 Å². The minimum absolute atomic E-state index is 0.570. The molecule has 0 spiro atoms. The quantitative estimate of drug-likeness (QED) is 0.766. The molecule has 8 nitrogen and oxygen atoms in total. The number of piperidine rings is 1. The fourth-order valence-electron chi connectivity index (χ4n) is 3.51. The van der Waals surface area contributed by atoms with Crippen molar-refractivity contribution in [2.75, 3.05) is 25.0 Å². The Balaban J connectivity index is 1.54.